The van der Waals surface area contributed by atoms with Crippen LogP contribution in [0.4, 0.5) is 0 Å². The second-order valence-corrected chi connectivity index (χ2v) is 7.62. The van der Waals surface area contributed by atoms with Gasteiger partial charge in [0.1, 0.15) is 23.3 Å². The fraction of sp³-hybridized carbons (Fsp3) is 0.167. The van der Waals surface area contributed by atoms with Crippen LogP contribution in [0, 0.1) is 51.4 Å². The molecule has 3 heterocycles. The molecule has 0 spiro atoms. The van der Waals surface area contributed by atoms with Crippen LogP contribution < -0.4 is 25.9 Å². The maximum atomic E-state index is 9.79. The Balaban J connectivity index is 1.93. The number of terminal acetylenes is 1. The molecule has 0 N–H and O–H groups in total. The van der Waals surface area contributed by atoms with Crippen molar-refractivity contribution in [2.45, 2.75) is 27.7 Å². The van der Waals surface area contributed by atoms with Crippen molar-refractivity contribution < 1.29 is 9.47 Å². The van der Waals surface area contributed by atoms with E-state index in [9.17, 15) is 5.26 Å². The highest BCUT2D eigenvalue weighted by atomic mass is 16.5. The smallest absolute Gasteiger partial charge is 0.263 e. The van der Waals surface area contributed by atoms with Gasteiger partial charge in [0.05, 0.1) is 11.1 Å². The number of ether oxygens (including phenoxy) is 2. The van der Waals surface area contributed by atoms with Gasteiger partial charge in [0.15, 0.2) is 0 Å². The van der Waals surface area contributed by atoms with Crippen molar-refractivity contribution in [3.63, 3.8) is 0 Å². The summed E-state index contributed by atoms with van der Waals surface area (Å²) in [6.07, 6.45) is 5.82. The fourth-order valence-electron chi connectivity index (χ4n) is 4.29. The third-order valence-electron chi connectivity index (χ3n) is 5.99. The molecule has 0 radical (unpaired) electrons. The molecule has 138 valence electrons. The van der Waals surface area contributed by atoms with E-state index in [4.69, 9.17) is 20.9 Å². The molecule has 0 saturated carbocycles. The molecule has 0 saturated heterocycles. The first-order chi connectivity index (χ1) is 14.0. The van der Waals surface area contributed by atoms with Crippen LogP contribution in [-0.4, -0.2) is 11.7 Å². The second-order valence-electron chi connectivity index (χ2n) is 7.62. The Bertz CT molecular complexity index is 1320. The van der Waals surface area contributed by atoms with Crippen LogP contribution in [-0.2, 0) is 0 Å². The van der Waals surface area contributed by atoms with Gasteiger partial charge in [-0.15, -0.1) is 6.42 Å². The van der Waals surface area contributed by atoms with E-state index in [1.54, 1.807) is 0 Å². The zero-order valence-electron chi connectivity index (χ0n) is 16.7. The topological polar surface area (TPSA) is 55.1 Å². The zero-order valence-corrected chi connectivity index (χ0v) is 16.7. The summed E-state index contributed by atoms with van der Waals surface area (Å²) < 4.78 is 12.6. The number of aromatic nitrogens is 1. The average molecular weight is 376 g/mol. The molecule has 29 heavy (non-hydrogen) atoms. The minimum atomic E-state index is -0.153. The lowest BCUT2D eigenvalue weighted by Gasteiger charge is -2.34. The summed E-state index contributed by atoms with van der Waals surface area (Å²) in [5.74, 6) is 5.30. The molecule has 1 aromatic heterocycles. The Labute approximate surface area is 170 Å². The number of nitriles is 1. The maximum Gasteiger partial charge on any atom is 0.263 e. The number of pyridine rings is 1. The normalized spacial score (nSPS) is 12.6. The van der Waals surface area contributed by atoms with Crippen molar-refractivity contribution in [2.24, 2.45) is 0 Å². The first-order valence-electron chi connectivity index (χ1n) is 9.46. The van der Waals surface area contributed by atoms with Crippen LogP contribution in [0.15, 0.2) is 24.3 Å². The summed E-state index contributed by atoms with van der Waals surface area (Å²) in [6.45, 7) is 7.66. The standard InChI is InChI=1S/C24H17BN2O2/c1-6-16-12(2)7-9-18-22(16)29-24-20-21(14(4)15(5)27-24)28-23-17(11-26)13(3)8-10-19(23)25(18)20/h1,7-10H,2-5H3. The first kappa shape index (κ1) is 17.4. The van der Waals surface area contributed by atoms with Gasteiger partial charge in [0.2, 0.25) is 5.88 Å². The lowest BCUT2D eigenvalue weighted by Crippen LogP contribution is -2.58. The Morgan fingerprint density at radius 2 is 1.52 bits per heavy atom. The SMILES string of the molecule is C#Cc1c(C)ccc2c1Oc1nc(C)c(C)c3c1B2c1ccc(C)c(C#N)c1O3. The molecule has 4 nitrogen and oxygen atoms in total. The van der Waals surface area contributed by atoms with Crippen molar-refractivity contribution in [1.29, 1.82) is 5.26 Å². The van der Waals surface area contributed by atoms with Gasteiger partial charge in [-0.3, -0.25) is 0 Å². The molecular formula is C24H17BN2O2. The molecule has 0 bridgehead atoms. The lowest BCUT2D eigenvalue weighted by atomic mass is 9.34. The predicted octanol–water partition coefficient (Wildman–Crippen LogP) is 2.90. The minimum Gasteiger partial charge on any atom is -0.456 e. The summed E-state index contributed by atoms with van der Waals surface area (Å²) in [5.41, 5.74) is 7.73. The van der Waals surface area contributed by atoms with Gasteiger partial charge in [-0.1, -0.05) is 30.2 Å². The van der Waals surface area contributed by atoms with Crippen LogP contribution in [0.3, 0.4) is 0 Å². The van der Waals surface area contributed by atoms with E-state index in [-0.39, 0.29) is 6.71 Å². The quantitative estimate of drug-likeness (QED) is 0.308. The summed E-state index contributed by atoms with van der Waals surface area (Å²) in [6, 6.07) is 10.4. The van der Waals surface area contributed by atoms with Crippen LogP contribution in [0.5, 0.6) is 23.1 Å². The number of aryl methyl sites for hydroxylation is 3. The lowest BCUT2D eigenvalue weighted by molar-refractivity contribution is 0.445. The van der Waals surface area contributed by atoms with Crippen molar-refractivity contribution in [2.75, 3.05) is 0 Å². The molecule has 5 heteroatoms. The van der Waals surface area contributed by atoms with Crippen molar-refractivity contribution in [3.05, 3.63) is 57.8 Å². The fourth-order valence-corrected chi connectivity index (χ4v) is 4.29. The van der Waals surface area contributed by atoms with Crippen LogP contribution in [0.25, 0.3) is 0 Å². The van der Waals surface area contributed by atoms with E-state index in [1.165, 1.54) is 0 Å². The van der Waals surface area contributed by atoms with E-state index in [1.807, 2.05) is 45.9 Å². The van der Waals surface area contributed by atoms with E-state index >= 15 is 0 Å². The number of benzene rings is 2. The van der Waals surface area contributed by atoms with Gasteiger partial charge in [0, 0.05) is 16.7 Å². The Morgan fingerprint density at radius 3 is 2.14 bits per heavy atom. The molecule has 0 amide bonds. The molecule has 5 rings (SSSR count). The Kier molecular flexibility index (Phi) is 3.54. The monoisotopic (exact) mass is 376 g/mol. The molecule has 2 aromatic carbocycles. The van der Waals surface area contributed by atoms with E-state index in [2.05, 4.69) is 18.1 Å². The number of hydrogen-bond acceptors (Lipinski definition) is 4. The van der Waals surface area contributed by atoms with E-state index in [0.29, 0.717) is 22.9 Å². The highest BCUT2D eigenvalue weighted by Gasteiger charge is 2.43. The number of fused-ring (bicyclic) bond motifs is 4. The van der Waals surface area contributed by atoms with Crippen molar-refractivity contribution >= 4 is 23.1 Å². The third-order valence-corrected chi connectivity index (χ3v) is 5.99. The van der Waals surface area contributed by atoms with Crippen LogP contribution in [0.2, 0.25) is 0 Å². The van der Waals surface area contributed by atoms with E-state index < -0.39 is 0 Å². The van der Waals surface area contributed by atoms with Gasteiger partial charge in [-0.2, -0.15) is 5.26 Å². The van der Waals surface area contributed by atoms with Crippen LogP contribution in [0.1, 0.15) is 33.5 Å². The third kappa shape index (κ3) is 2.19. The van der Waals surface area contributed by atoms with Gasteiger partial charge in [-0.05, 0) is 49.7 Å². The minimum absolute atomic E-state index is 0.153. The summed E-state index contributed by atoms with van der Waals surface area (Å²) >= 11 is 0. The van der Waals surface area contributed by atoms with Crippen molar-refractivity contribution in [1.82, 2.24) is 4.98 Å². The maximum absolute atomic E-state index is 9.79. The zero-order chi connectivity index (χ0) is 20.4. The van der Waals surface area contributed by atoms with E-state index in [0.717, 1.165) is 50.1 Å². The molecule has 0 unspecified atom stereocenters. The Hall–Kier alpha value is -3.70. The number of hydrogen-bond donors (Lipinski definition) is 0. The summed E-state index contributed by atoms with van der Waals surface area (Å²) in [4.78, 5) is 4.71. The highest BCUT2D eigenvalue weighted by Crippen LogP contribution is 2.39. The first-order valence-corrected chi connectivity index (χ1v) is 9.46. The van der Waals surface area contributed by atoms with Crippen LogP contribution >= 0.6 is 0 Å². The number of rotatable bonds is 0. The molecule has 3 aromatic rings. The average Bonchev–Trinajstić information content (AvgIpc) is 2.71. The largest absolute Gasteiger partial charge is 0.456 e. The molecule has 0 aliphatic carbocycles. The number of nitrogens with zero attached hydrogens (tertiary/aromatic N) is 2. The molecule has 2 aliphatic rings. The summed E-state index contributed by atoms with van der Waals surface area (Å²) in [7, 11) is 0. The summed E-state index contributed by atoms with van der Waals surface area (Å²) in [5, 5.41) is 9.79. The van der Waals surface area contributed by atoms with Gasteiger partial charge in [-0.25, -0.2) is 4.98 Å². The van der Waals surface area contributed by atoms with Gasteiger partial charge in [0.25, 0.3) is 6.71 Å². The second kappa shape index (κ2) is 5.90. The predicted molar refractivity (Wildman–Crippen MR) is 114 cm³/mol. The molecule has 2 aliphatic heterocycles. The molecular weight excluding hydrogens is 359 g/mol. The van der Waals surface area contributed by atoms with Gasteiger partial charge >= 0.3 is 0 Å². The molecule has 0 fully saturated rings. The van der Waals surface area contributed by atoms with Crippen molar-refractivity contribution in [3.8, 4) is 41.5 Å². The Morgan fingerprint density at radius 1 is 0.897 bits per heavy atom. The molecule has 0 atom stereocenters. The highest BCUT2D eigenvalue weighted by molar-refractivity contribution is 6.98. The van der Waals surface area contributed by atoms with Gasteiger partial charge < -0.3 is 9.47 Å².